The van der Waals surface area contributed by atoms with Crippen molar-refractivity contribution in [1.82, 2.24) is 10.3 Å². The van der Waals surface area contributed by atoms with Gasteiger partial charge in [0.15, 0.2) is 0 Å². The predicted molar refractivity (Wildman–Crippen MR) is 84.9 cm³/mol. The third-order valence-electron chi connectivity index (χ3n) is 2.37. The zero-order valence-corrected chi connectivity index (χ0v) is 13.8. The van der Waals surface area contributed by atoms with E-state index in [4.69, 9.17) is 4.74 Å². The lowest BCUT2D eigenvalue weighted by Crippen LogP contribution is -2.14. The number of nitrogens with zero attached hydrogens (tertiary/aromatic N) is 1. The average Bonchev–Trinajstić information content (AvgIpc) is 2.86. The first-order chi connectivity index (χ1) is 9.28. The second-order valence-corrected chi connectivity index (χ2v) is 5.31. The number of aromatic nitrogens is 1. The second-order valence-electron chi connectivity index (χ2n) is 4.37. The van der Waals surface area contributed by atoms with Gasteiger partial charge in [-0.15, -0.1) is 11.3 Å². The topological polar surface area (TPSA) is 34.2 Å². The van der Waals surface area contributed by atoms with Crippen molar-refractivity contribution in [2.75, 3.05) is 19.7 Å². The molecule has 1 aromatic heterocycles. The van der Waals surface area contributed by atoms with Crippen molar-refractivity contribution in [2.24, 2.45) is 0 Å². The molecule has 1 aromatic rings. The Labute approximate surface area is 122 Å². The lowest BCUT2D eigenvalue weighted by Gasteiger charge is -1.95. The van der Waals surface area contributed by atoms with Gasteiger partial charge in [0.25, 0.3) is 0 Å². The molecule has 0 aliphatic heterocycles. The summed E-state index contributed by atoms with van der Waals surface area (Å²) in [6, 6.07) is 0. The van der Waals surface area contributed by atoms with Gasteiger partial charge in [-0.3, -0.25) is 0 Å². The smallest absolute Gasteiger partial charge is 0.0929 e. The molecule has 112 valence electrons. The largest absolute Gasteiger partial charge is 0.375 e. The van der Waals surface area contributed by atoms with Crippen LogP contribution in [0.3, 0.4) is 0 Å². The maximum Gasteiger partial charge on any atom is 0.0929 e. The van der Waals surface area contributed by atoms with Gasteiger partial charge in [-0.2, -0.15) is 0 Å². The van der Waals surface area contributed by atoms with E-state index in [1.54, 1.807) is 11.3 Å². The van der Waals surface area contributed by atoms with Gasteiger partial charge >= 0.3 is 0 Å². The van der Waals surface area contributed by atoms with E-state index in [0.29, 0.717) is 6.61 Å². The van der Waals surface area contributed by atoms with Crippen molar-refractivity contribution in [3.05, 3.63) is 16.1 Å². The van der Waals surface area contributed by atoms with Gasteiger partial charge in [-0.05, 0) is 45.7 Å². The monoisotopic (exact) mass is 286 g/mol. The van der Waals surface area contributed by atoms with Crippen molar-refractivity contribution in [3.63, 3.8) is 0 Å². The van der Waals surface area contributed by atoms with Crippen LogP contribution in [0.5, 0.6) is 0 Å². The Morgan fingerprint density at radius 2 is 1.79 bits per heavy atom. The minimum atomic E-state index is 0.663. The fourth-order valence-corrected chi connectivity index (χ4v) is 2.31. The zero-order valence-electron chi connectivity index (χ0n) is 13.0. The van der Waals surface area contributed by atoms with Gasteiger partial charge in [0.1, 0.15) is 0 Å². The summed E-state index contributed by atoms with van der Waals surface area (Å²) in [7, 11) is 0. The fraction of sp³-hybridized carbons (Fsp3) is 0.800. The lowest BCUT2D eigenvalue weighted by molar-refractivity contribution is 0.131. The molecule has 0 radical (unpaired) electrons. The Balaban J connectivity index is 0.000000399. The molecule has 0 saturated carbocycles. The minimum Gasteiger partial charge on any atom is -0.375 e. The fourth-order valence-electron chi connectivity index (χ4n) is 1.43. The highest BCUT2D eigenvalue weighted by Gasteiger charge is 1.99. The first kappa shape index (κ1) is 18.6. The molecule has 0 saturated heterocycles. The van der Waals surface area contributed by atoms with E-state index in [1.165, 1.54) is 37.4 Å². The summed E-state index contributed by atoms with van der Waals surface area (Å²) in [6.07, 6.45) is 4.76. The standard InChI is InChI=1S/C9H15NOS.C6H15N/c1-3-5-9-10-8(7-12-9)6-11-4-2;1-3-5-7-6-4-2/h7H,3-6H2,1-2H3;7H,3-6H2,1-2H3. The molecular weight excluding hydrogens is 256 g/mol. The Morgan fingerprint density at radius 3 is 2.32 bits per heavy atom. The number of aryl methyl sites for hydroxylation is 1. The molecule has 1 heterocycles. The van der Waals surface area contributed by atoms with Crippen LogP contribution in [0.1, 0.15) is 57.7 Å². The molecule has 0 aromatic carbocycles. The number of nitrogens with one attached hydrogen (secondary N) is 1. The van der Waals surface area contributed by atoms with E-state index in [9.17, 15) is 0 Å². The summed E-state index contributed by atoms with van der Waals surface area (Å²) >= 11 is 1.73. The first-order valence-electron chi connectivity index (χ1n) is 7.50. The van der Waals surface area contributed by atoms with Crippen molar-refractivity contribution in [3.8, 4) is 0 Å². The molecule has 0 bridgehead atoms. The third kappa shape index (κ3) is 11.1. The summed E-state index contributed by atoms with van der Waals surface area (Å²) in [4.78, 5) is 4.43. The van der Waals surface area contributed by atoms with Crippen molar-refractivity contribution in [1.29, 1.82) is 0 Å². The molecule has 1 rings (SSSR count). The van der Waals surface area contributed by atoms with Gasteiger partial charge < -0.3 is 10.1 Å². The molecule has 0 spiro atoms. The molecule has 0 amide bonds. The number of rotatable bonds is 9. The van der Waals surface area contributed by atoms with Crippen LogP contribution in [-0.2, 0) is 17.8 Å². The molecule has 19 heavy (non-hydrogen) atoms. The van der Waals surface area contributed by atoms with E-state index in [1.807, 2.05) is 6.92 Å². The summed E-state index contributed by atoms with van der Waals surface area (Å²) in [5.41, 5.74) is 1.07. The van der Waals surface area contributed by atoms with Gasteiger partial charge in [0.05, 0.1) is 17.3 Å². The number of ether oxygens (including phenoxy) is 1. The third-order valence-corrected chi connectivity index (χ3v) is 3.33. The maximum absolute atomic E-state index is 5.26. The SMILES string of the molecule is CCCNCCC.CCCc1nc(COCC)cs1. The van der Waals surface area contributed by atoms with Gasteiger partial charge in [-0.25, -0.2) is 4.98 Å². The molecule has 0 unspecified atom stereocenters. The number of thiazole rings is 1. The summed E-state index contributed by atoms with van der Waals surface area (Å²) in [5.74, 6) is 0. The lowest BCUT2D eigenvalue weighted by atomic mass is 10.3. The normalized spacial score (nSPS) is 10.1. The van der Waals surface area contributed by atoms with E-state index >= 15 is 0 Å². The van der Waals surface area contributed by atoms with Gasteiger partial charge in [0, 0.05) is 12.0 Å². The molecular formula is C15H30N2OS. The Morgan fingerprint density at radius 1 is 1.11 bits per heavy atom. The highest BCUT2D eigenvalue weighted by atomic mass is 32.1. The number of hydrogen-bond acceptors (Lipinski definition) is 4. The van der Waals surface area contributed by atoms with Crippen LogP contribution >= 0.6 is 11.3 Å². The zero-order chi connectivity index (χ0) is 14.3. The van der Waals surface area contributed by atoms with E-state index in [0.717, 1.165) is 18.7 Å². The molecule has 0 aliphatic carbocycles. The van der Waals surface area contributed by atoms with Crippen LogP contribution in [0.25, 0.3) is 0 Å². The average molecular weight is 286 g/mol. The Hall–Kier alpha value is -0.450. The summed E-state index contributed by atoms with van der Waals surface area (Å²) < 4.78 is 5.26. The van der Waals surface area contributed by atoms with Gasteiger partial charge in [0.2, 0.25) is 0 Å². The molecule has 0 fully saturated rings. The molecule has 0 atom stereocenters. The molecule has 0 aliphatic rings. The Bertz CT molecular complexity index is 285. The van der Waals surface area contributed by atoms with Crippen molar-refractivity contribution in [2.45, 2.75) is 60.0 Å². The van der Waals surface area contributed by atoms with E-state index in [2.05, 4.69) is 36.5 Å². The van der Waals surface area contributed by atoms with E-state index < -0.39 is 0 Å². The molecule has 4 heteroatoms. The van der Waals surface area contributed by atoms with Crippen LogP contribution in [0.2, 0.25) is 0 Å². The number of hydrogen-bond donors (Lipinski definition) is 1. The quantitative estimate of drug-likeness (QED) is 0.696. The molecule has 3 nitrogen and oxygen atoms in total. The van der Waals surface area contributed by atoms with Crippen molar-refractivity contribution >= 4 is 11.3 Å². The first-order valence-corrected chi connectivity index (χ1v) is 8.38. The van der Waals surface area contributed by atoms with Crippen LogP contribution in [0.4, 0.5) is 0 Å². The van der Waals surface area contributed by atoms with Crippen LogP contribution < -0.4 is 5.32 Å². The van der Waals surface area contributed by atoms with Gasteiger partial charge in [-0.1, -0.05) is 20.8 Å². The summed E-state index contributed by atoms with van der Waals surface area (Å²) in [5, 5.41) is 6.60. The maximum atomic E-state index is 5.26. The van der Waals surface area contributed by atoms with Crippen LogP contribution in [0, 0.1) is 0 Å². The predicted octanol–water partition coefficient (Wildman–Crippen LogP) is 4.03. The van der Waals surface area contributed by atoms with Crippen molar-refractivity contribution < 1.29 is 4.74 Å². The van der Waals surface area contributed by atoms with Crippen LogP contribution in [0.15, 0.2) is 5.38 Å². The molecule has 1 N–H and O–H groups in total. The minimum absolute atomic E-state index is 0.663. The Kier molecular flexibility index (Phi) is 13.6. The van der Waals surface area contributed by atoms with E-state index in [-0.39, 0.29) is 0 Å². The highest BCUT2D eigenvalue weighted by molar-refractivity contribution is 7.09. The second kappa shape index (κ2) is 14.0. The van der Waals surface area contributed by atoms with Crippen LogP contribution in [-0.4, -0.2) is 24.7 Å². The summed E-state index contributed by atoms with van der Waals surface area (Å²) in [6.45, 7) is 12.3. The highest BCUT2D eigenvalue weighted by Crippen LogP contribution is 2.12.